The molecule has 0 saturated heterocycles. The summed E-state index contributed by atoms with van der Waals surface area (Å²) >= 11 is 0. The lowest BCUT2D eigenvalue weighted by molar-refractivity contribution is -0.384. The number of nitrogen functional groups attached to an aromatic ring is 1. The first-order valence-corrected chi connectivity index (χ1v) is 28.7. The molecule has 24 nitrogen and oxygen atoms in total. The molecule has 2 aromatic heterocycles. The van der Waals surface area contributed by atoms with E-state index in [4.69, 9.17) is 34.2 Å². The monoisotopic (exact) mass is 1190 g/mol. The van der Waals surface area contributed by atoms with Crippen LogP contribution >= 0.6 is 0 Å². The molecule has 6 rings (SSSR count). The number of anilines is 9. The van der Waals surface area contributed by atoms with Gasteiger partial charge < -0.3 is 66.1 Å². The third-order valence-electron chi connectivity index (χ3n) is 11.8. The van der Waals surface area contributed by atoms with E-state index in [1.165, 1.54) is 0 Å². The molecule has 0 spiro atoms. The Balaban J connectivity index is 0.000000314. The summed E-state index contributed by atoms with van der Waals surface area (Å²) in [4.78, 5) is 74.6. The zero-order valence-corrected chi connectivity index (χ0v) is 50.4. The molecule has 0 aliphatic heterocycles. The highest BCUT2D eigenvalue weighted by atomic mass is 16.6. The van der Waals surface area contributed by atoms with Crippen molar-refractivity contribution in [2.45, 2.75) is 131 Å². The van der Waals surface area contributed by atoms with Gasteiger partial charge in [0.15, 0.2) is 5.82 Å². The summed E-state index contributed by atoms with van der Waals surface area (Å²) in [5.74, 6) is 2.09. The molecule has 0 aliphatic carbocycles. The van der Waals surface area contributed by atoms with Crippen molar-refractivity contribution < 1.29 is 52.5 Å². The van der Waals surface area contributed by atoms with E-state index < -0.39 is 28.3 Å². The number of alkyl carbamates (subject to hydrolysis) is 2. The van der Waals surface area contributed by atoms with E-state index in [-0.39, 0.29) is 29.4 Å². The number of rotatable bonds is 31. The van der Waals surface area contributed by atoms with Crippen molar-refractivity contribution in [2.75, 3.05) is 66.5 Å². The average molecular weight is 1190 g/mol. The van der Waals surface area contributed by atoms with E-state index in [9.17, 15) is 29.3 Å². The van der Waals surface area contributed by atoms with Crippen molar-refractivity contribution >= 4 is 81.8 Å². The molecule has 86 heavy (non-hydrogen) atoms. The molecule has 8 N–H and O–H groups in total. The zero-order valence-electron chi connectivity index (χ0n) is 50.4. The topological polar surface area (TPSA) is 317 Å². The minimum absolute atomic E-state index is 0.0363. The fourth-order valence-corrected chi connectivity index (χ4v) is 7.71. The first-order valence-electron chi connectivity index (χ1n) is 28.7. The van der Waals surface area contributed by atoms with E-state index in [0.717, 1.165) is 73.0 Å². The van der Waals surface area contributed by atoms with Gasteiger partial charge in [-0.15, -0.1) is 0 Å². The summed E-state index contributed by atoms with van der Waals surface area (Å²) in [5.41, 5.74) is 10.4. The van der Waals surface area contributed by atoms with E-state index in [0.29, 0.717) is 99.8 Å². The lowest BCUT2D eigenvalue weighted by Crippen LogP contribution is -2.33. The number of ether oxygens (including phenoxy) is 6. The second-order valence-electron chi connectivity index (χ2n) is 21.4. The molecule has 0 aliphatic rings. The molecule has 24 heteroatoms. The molecule has 0 bridgehead atoms. The molecule has 0 fully saturated rings. The Morgan fingerprint density at radius 1 is 0.523 bits per heavy atom. The van der Waals surface area contributed by atoms with Crippen molar-refractivity contribution in [1.82, 2.24) is 30.6 Å². The SMILES string of the molecule is CCOC(=O)CCCCOc1ccc(Nc2nc(Nc3ccc(CCCNC(=O)OC(C)(C)C)cc3)ncc2N)cc1.CCOC(=O)CCCCOc1ccc(Nc2nc(Nc3ccc(CCCNC(=O)OC(C)(C)C)cc3)ncc2[N+](=O)[O-])cc1. The van der Waals surface area contributed by atoms with Gasteiger partial charge in [0.2, 0.25) is 17.7 Å². The van der Waals surface area contributed by atoms with Gasteiger partial charge in [0.05, 0.1) is 43.2 Å². The Bertz CT molecular complexity index is 3070. The number of nitrogens with one attached hydrogen (secondary N) is 6. The van der Waals surface area contributed by atoms with Gasteiger partial charge in [0.1, 0.15) is 28.9 Å². The molecular formula is C62H82N12O12. The number of carbonyl (C=O) groups excluding carboxylic acids is 4. The number of aryl methyl sites for hydroxylation is 2. The number of benzene rings is 4. The number of nitro groups is 1. The molecule has 4 aromatic carbocycles. The summed E-state index contributed by atoms with van der Waals surface area (Å²) in [6.45, 7) is 17.3. The van der Waals surface area contributed by atoms with Gasteiger partial charge in [-0.2, -0.15) is 9.97 Å². The van der Waals surface area contributed by atoms with Crippen molar-refractivity contribution in [1.29, 1.82) is 0 Å². The summed E-state index contributed by atoms with van der Waals surface area (Å²) in [6, 6.07) is 30.0. The third-order valence-corrected chi connectivity index (χ3v) is 11.8. The minimum Gasteiger partial charge on any atom is -0.494 e. The standard InChI is InChI=1S/C31H40N6O7.C31H42N6O5/c1-5-42-27(38)10-6-7-20-43-25-17-15-23(16-18-25)34-28-26(37(40)41)21-33-29(36-28)35-24-13-11-22(12-14-24)9-8-19-32-30(39)44-31(2,3)4;1-5-40-27(38)10-6-7-20-41-25-17-15-23(16-18-25)35-28-26(32)21-34-29(37-28)36-24-13-11-22(12-14-24)9-8-19-33-30(39)42-31(2,3)4/h11-18,21H,5-10,19-20H2,1-4H3,(H,32,39)(H2,33,34,35,36);11-18,21H,5-10,19-20,32H2,1-4H3,(H,33,39)(H2,34,35,36,37). The predicted octanol–water partition coefficient (Wildman–Crippen LogP) is 12.6. The van der Waals surface area contributed by atoms with Crippen molar-refractivity contribution in [2.24, 2.45) is 0 Å². The van der Waals surface area contributed by atoms with E-state index in [1.54, 1.807) is 44.3 Å². The number of hydrogen-bond donors (Lipinski definition) is 7. The number of nitrogens with zero attached hydrogens (tertiary/aromatic N) is 5. The van der Waals surface area contributed by atoms with Crippen LogP contribution in [0, 0.1) is 10.1 Å². The molecule has 0 radical (unpaired) electrons. The van der Waals surface area contributed by atoms with Gasteiger partial charge in [0, 0.05) is 48.7 Å². The van der Waals surface area contributed by atoms with Crippen molar-refractivity contribution in [3.05, 3.63) is 131 Å². The second kappa shape index (κ2) is 35.0. The molecular weight excluding hydrogens is 1100 g/mol. The second-order valence-corrected chi connectivity index (χ2v) is 21.4. The normalized spacial score (nSPS) is 10.9. The maximum absolute atomic E-state index is 11.8. The quantitative estimate of drug-likeness (QED) is 0.00699. The summed E-state index contributed by atoms with van der Waals surface area (Å²) in [6.07, 6.45) is 8.62. The van der Waals surface area contributed by atoms with Gasteiger partial charge in [-0.05, 0) is 191 Å². The van der Waals surface area contributed by atoms with E-state index in [1.807, 2.05) is 114 Å². The largest absolute Gasteiger partial charge is 0.494 e. The lowest BCUT2D eigenvalue weighted by Gasteiger charge is -2.19. The number of aromatic nitrogens is 4. The first kappa shape index (κ1) is 67.3. The first-order chi connectivity index (χ1) is 41.1. The number of hydrogen-bond acceptors (Lipinski definition) is 21. The Morgan fingerprint density at radius 2 is 0.907 bits per heavy atom. The molecule has 2 heterocycles. The predicted molar refractivity (Wildman–Crippen MR) is 331 cm³/mol. The molecule has 0 atom stereocenters. The van der Waals surface area contributed by atoms with Gasteiger partial charge in [0.25, 0.3) is 0 Å². The lowest BCUT2D eigenvalue weighted by atomic mass is 10.1. The maximum atomic E-state index is 11.8. The Hall–Kier alpha value is -9.48. The van der Waals surface area contributed by atoms with E-state index in [2.05, 4.69) is 51.8 Å². The number of nitrogens with two attached hydrogens (primary N) is 1. The number of esters is 2. The molecule has 0 saturated carbocycles. The van der Waals surface area contributed by atoms with Crippen LogP contribution in [-0.4, -0.2) is 99.7 Å². The Kier molecular flexibility index (Phi) is 27.4. The highest BCUT2D eigenvalue weighted by Crippen LogP contribution is 2.29. The van der Waals surface area contributed by atoms with Gasteiger partial charge in [-0.25, -0.2) is 19.6 Å². The van der Waals surface area contributed by atoms with Crippen LogP contribution in [0.1, 0.15) is 118 Å². The fraction of sp³-hybridized carbons (Fsp3) is 0.419. The van der Waals surface area contributed by atoms with Crippen LogP contribution in [0.3, 0.4) is 0 Å². The van der Waals surface area contributed by atoms with Crippen molar-refractivity contribution in [3.63, 3.8) is 0 Å². The Labute approximate surface area is 502 Å². The minimum atomic E-state index is -0.549. The van der Waals surface area contributed by atoms with Crippen LogP contribution in [0.4, 0.5) is 67.2 Å². The fourth-order valence-electron chi connectivity index (χ4n) is 7.71. The summed E-state index contributed by atoms with van der Waals surface area (Å²) < 4.78 is 31.8. The van der Waals surface area contributed by atoms with Crippen LogP contribution in [0.5, 0.6) is 11.5 Å². The van der Waals surface area contributed by atoms with Gasteiger partial charge >= 0.3 is 29.8 Å². The van der Waals surface area contributed by atoms with Gasteiger partial charge in [-0.1, -0.05) is 24.3 Å². The van der Waals surface area contributed by atoms with Crippen LogP contribution in [0.15, 0.2) is 109 Å². The van der Waals surface area contributed by atoms with Crippen LogP contribution in [0.25, 0.3) is 0 Å². The molecule has 462 valence electrons. The van der Waals surface area contributed by atoms with Crippen LogP contribution in [-0.2, 0) is 41.4 Å². The summed E-state index contributed by atoms with van der Waals surface area (Å²) in [5, 5.41) is 29.6. The third kappa shape index (κ3) is 26.8. The summed E-state index contributed by atoms with van der Waals surface area (Å²) in [7, 11) is 0. The number of carbonyl (C=O) groups is 4. The van der Waals surface area contributed by atoms with E-state index >= 15 is 0 Å². The average Bonchev–Trinajstić information content (AvgIpc) is 3.03. The van der Waals surface area contributed by atoms with Crippen LogP contribution < -0.4 is 47.1 Å². The number of amides is 2. The highest BCUT2D eigenvalue weighted by Gasteiger charge is 2.20. The van der Waals surface area contributed by atoms with Crippen molar-refractivity contribution in [3.8, 4) is 11.5 Å². The maximum Gasteiger partial charge on any atom is 0.407 e. The molecule has 6 aromatic rings. The molecule has 0 unspecified atom stereocenters. The zero-order chi connectivity index (χ0) is 62.3. The molecule has 2 amide bonds. The highest BCUT2D eigenvalue weighted by molar-refractivity contribution is 5.72. The number of unbranched alkanes of at least 4 members (excludes halogenated alkanes) is 2. The Morgan fingerprint density at radius 3 is 1.31 bits per heavy atom. The van der Waals surface area contributed by atoms with Crippen LogP contribution in [0.2, 0.25) is 0 Å². The van der Waals surface area contributed by atoms with Gasteiger partial charge in [-0.3, -0.25) is 19.7 Å². The smallest absolute Gasteiger partial charge is 0.407 e.